The van der Waals surface area contributed by atoms with Crippen LogP contribution >= 0.6 is 0 Å². The van der Waals surface area contributed by atoms with E-state index in [-0.39, 0.29) is 5.69 Å². The lowest BCUT2D eigenvalue weighted by Crippen LogP contribution is -2.22. The van der Waals surface area contributed by atoms with Gasteiger partial charge in [0.25, 0.3) is 15.6 Å². The zero-order valence-corrected chi connectivity index (χ0v) is 15.3. The van der Waals surface area contributed by atoms with Crippen LogP contribution in [0.5, 0.6) is 0 Å². The summed E-state index contributed by atoms with van der Waals surface area (Å²) in [4.78, 5) is 12.8. The molecule has 0 saturated carbocycles. The first kappa shape index (κ1) is 17.8. The van der Waals surface area contributed by atoms with Gasteiger partial charge in [0.2, 0.25) is 0 Å². The monoisotopic (exact) mass is 369 g/mol. The molecule has 3 rings (SSSR count). The number of para-hydroxylation sites is 1. The van der Waals surface area contributed by atoms with Gasteiger partial charge in [0.05, 0.1) is 16.8 Å². The number of aromatic nitrogens is 2. The van der Waals surface area contributed by atoms with Gasteiger partial charge in [-0.05, 0) is 30.7 Å². The highest BCUT2D eigenvalue weighted by Crippen LogP contribution is 2.16. The largest absolute Gasteiger partial charge is 0.296 e. The predicted octanol–water partition coefficient (Wildman–Crippen LogP) is 2.90. The number of rotatable bonds is 5. The maximum Gasteiger partial charge on any atom is 0.296 e. The van der Waals surface area contributed by atoms with Crippen LogP contribution in [-0.4, -0.2) is 17.8 Å². The van der Waals surface area contributed by atoms with Gasteiger partial charge in [0.15, 0.2) is 0 Å². The second kappa shape index (κ2) is 7.05. The molecular weight excluding hydrogens is 350 g/mol. The van der Waals surface area contributed by atoms with Crippen molar-refractivity contribution in [3.05, 3.63) is 87.7 Å². The third kappa shape index (κ3) is 3.62. The number of nitrogens with one attached hydrogen (secondary N) is 1. The SMILES string of the molecule is Cc1c(NS(=O)(=O)/C=C/c2ccccc2)c(=O)n(-c2ccccc2)n1C. The van der Waals surface area contributed by atoms with Gasteiger partial charge in [-0.1, -0.05) is 48.5 Å². The van der Waals surface area contributed by atoms with Crippen molar-refractivity contribution in [3.8, 4) is 5.69 Å². The molecule has 0 aliphatic carbocycles. The molecule has 0 unspecified atom stereocenters. The van der Waals surface area contributed by atoms with Crippen LogP contribution in [0, 0.1) is 6.92 Å². The fourth-order valence-electron chi connectivity index (χ4n) is 2.59. The summed E-state index contributed by atoms with van der Waals surface area (Å²) in [7, 11) is -2.11. The lowest BCUT2D eigenvalue weighted by molar-refractivity contribution is 0.609. The van der Waals surface area contributed by atoms with E-state index in [1.165, 1.54) is 10.8 Å². The minimum absolute atomic E-state index is 0.0362. The van der Waals surface area contributed by atoms with Gasteiger partial charge in [-0.2, -0.15) is 0 Å². The predicted molar refractivity (Wildman–Crippen MR) is 104 cm³/mol. The maximum absolute atomic E-state index is 12.8. The molecule has 3 aromatic rings. The Morgan fingerprint density at radius 2 is 1.54 bits per heavy atom. The minimum atomic E-state index is -3.82. The van der Waals surface area contributed by atoms with Crippen LogP contribution in [0.4, 0.5) is 5.69 Å². The number of sulfonamides is 1. The van der Waals surface area contributed by atoms with E-state index in [4.69, 9.17) is 0 Å². The minimum Gasteiger partial charge on any atom is -0.283 e. The van der Waals surface area contributed by atoms with Gasteiger partial charge in [0, 0.05) is 7.05 Å². The van der Waals surface area contributed by atoms with Crippen molar-refractivity contribution in [2.45, 2.75) is 6.92 Å². The number of anilines is 1. The van der Waals surface area contributed by atoms with Crippen LogP contribution in [0.15, 0.2) is 70.9 Å². The molecule has 0 aliphatic heterocycles. The summed E-state index contributed by atoms with van der Waals surface area (Å²) >= 11 is 0. The highest BCUT2D eigenvalue weighted by Gasteiger charge is 2.19. The van der Waals surface area contributed by atoms with Gasteiger partial charge in [0.1, 0.15) is 5.69 Å². The highest BCUT2D eigenvalue weighted by molar-refractivity contribution is 7.95. The van der Waals surface area contributed by atoms with Crippen molar-refractivity contribution in [2.75, 3.05) is 4.72 Å². The van der Waals surface area contributed by atoms with E-state index >= 15 is 0 Å². The van der Waals surface area contributed by atoms with E-state index in [0.29, 0.717) is 11.4 Å². The molecule has 0 radical (unpaired) electrons. The average Bonchev–Trinajstić information content (AvgIpc) is 2.85. The summed E-state index contributed by atoms with van der Waals surface area (Å²) in [5.41, 5.74) is 1.55. The molecule has 0 atom stereocenters. The first-order valence-corrected chi connectivity index (χ1v) is 9.54. The summed E-state index contributed by atoms with van der Waals surface area (Å²) in [5, 5.41) is 1.06. The number of nitrogens with zero attached hydrogens (tertiary/aromatic N) is 2. The fraction of sp³-hybridized carbons (Fsp3) is 0.105. The smallest absolute Gasteiger partial charge is 0.283 e. The van der Waals surface area contributed by atoms with Crippen molar-refractivity contribution in [1.29, 1.82) is 0 Å². The van der Waals surface area contributed by atoms with Crippen LogP contribution in [0.25, 0.3) is 11.8 Å². The number of benzene rings is 2. The topological polar surface area (TPSA) is 73.1 Å². The Bertz CT molecular complexity index is 1100. The van der Waals surface area contributed by atoms with Crippen LogP contribution < -0.4 is 10.3 Å². The molecule has 6 nitrogen and oxygen atoms in total. The van der Waals surface area contributed by atoms with Crippen molar-refractivity contribution < 1.29 is 8.42 Å². The highest BCUT2D eigenvalue weighted by atomic mass is 32.2. The maximum atomic E-state index is 12.8. The Morgan fingerprint density at radius 3 is 2.15 bits per heavy atom. The lowest BCUT2D eigenvalue weighted by Gasteiger charge is -2.07. The summed E-state index contributed by atoms with van der Waals surface area (Å²) in [6.07, 6.45) is 1.48. The summed E-state index contributed by atoms with van der Waals surface area (Å²) in [5.74, 6) is 0. The van der Waals surface area contributed by atoms with Crippen LogP contribution in [0.2, 0.25) is 0 Å². The molecule has 0 fully saturated rings. The van der Waals surface area contributed by atoms with Crippen molar-refractivity contribution in [3.63, 3.8) is 0 Å². The zero-order chi connectivity index (χ0) is 18.7. The third-order valence-corrected chi connectivity index (χ3v) is 5.02. The van der Waals surface area contributed by atoms with Crippen LogP contribution in [0.1, 0.15) is 11.3 Å². The molecule has 0 spiro atoms. The second-order valence-corrected chi connectivity index (χ2v) is 7.36. The molecule has 1 heterocycles. The van der Waals surface area contributed by atoms with E-state index < -0.39 is 15.6 Å². The number of hydrogen-bond donors (Lipinski definition) is 1. The Kier molecular flexibility index (Phi) is 4.81. The van der Waals surface area contributed by atoms with Gasteiger partial charge in [-0.25, -0.2) is 13.1 Å². The van der Waals surface area contributed by atoms with Gasteiger partial charge >= 0.3 is 0 Å². The summed E-state index contributed by atoms with van der Waals surface area (Å²) in [6, 6.07) is 18.1. The molecule has 26 heavy (non-hydrogen) atoms. The van der Waals surface area contributed by atoms with Gasteiger partial charge in [-0.3, -0.25) is 14.2 Å². The molecule has 0 aliphatic rings. The fourth-order valence-corrected chi connectivity index (χ4v) is 3.52. The van der Waals surface area contributed by atoms with E-state index in [2.05, 4.69) is 4.72 Å². The zero-order valence-electron chi connectivity index (χ0n) is 14.5. The molecule has 0 amide bonds. The molecule has 1 aromatic heterocycles. The van der Waals surface area contributed by atoms with Crippen molar-refractivity contribution in [1.82, 2.24) is 9.36 Å². The Balaban J connectivity index is 1.96. The van der Waals surface area contributed by atoms with E-state index in [0.717, 1.165) is 11.0 Å². The van der Waals surface area contributed by atoms with Crippen LogP contribution in [-0.2, 0) is 17.1 Å². The second-order valence-electron chi connectivity index (χ2n) is 5.80. The van der Waals surface area contributed by atoms with Gasteiger partial charge in [-0.15, -0.1) is 0 Å². The number of hydrogen-bond acceptors (Lipinski definition) is 3. The molecule has 7 heteroatoms. The summed E-state index contributed by atoms with van der Waals surface area (Å²) < 4.78 is 30.2. The Hall–Kier alpha value is -3.06. The van der Waals surface area contributed by atoms with Crippen molar-refractivity contribution >= 4 is 21.8 Å². The Morgan fingerprint density at radius 1 is 0.962 bits per heavy atom. The third-order valence-electron chi connectivity index (χ3n) is 4.04. The first-order valence-electron chi connectivity index (χ1n) is 7.99. The van der Waals surface area contributed by atoms with E-state index in [1.807, 2.05) is 36.4 Å². The van der Waals surface area contributed by atoms with E-state index in [9.17, 15) is 13.2 Å². The molecule has 1 N–H and O–H groups in total. The molecule has 0 bridgehead atoms. The average molecular weight is 369 g/mol. The molecule has 0 saturated heterocycles. The normalized spacial score (nSPS) is 11.8. The van der Waals surface area contributed by atoms with E-state index in [1.54, 1.807) is 42.9 Å². The van der Waals surface area contributed by atoms with Crippen molar-refractivity contribution in [2.24, 2.45) is 7.05 Å². The molecule has 2 aromatic carbocycles. The van der Waals surface area contributed by atoms with Crippen LogP contribution in [0.3, 0.4) is 0 Å². The lowest BCUT2D eigenvalue weighted by atomic mass is 10.2. The van der Waals surface area contributed by atoms with Gasteiger partial charge < -0.3 is 0 Å². The molecule has 134 valence electrons. The standard InChI is InChI=1S/C19H19N3O3S/c1-15-18(19(23)22(21(15)2)17-11-7-4-8-12-17)20-26(24,25)14-13-16-9-5-3-6-10-16/h3-14,20H,1-2H3/b14-13+. The Labute approximate surface area is 152 Å². The quantitative estimate of drug-likeness (QED) is 0.752. The summed E-state index contributed by atoms with van der Waals surface area (Å²) in [6.45, 7) is 1.69. The molecular formula is C19H19N3O3S. The first-order chi connectivity index (χ1) is 12.4.